The Morgan fingerprint density at radius 2 is 2.00 bits per heavy atom. The van der Waals surface area contributed by atoms with Gasteiger partial charge in [0.15, 0.2) is 0 Å². The molecule has 6 heteroatoms. The Balaban J connectivity index is 2.10. The van der Waals surface area contributed by atoms with Gasteiger partial charge in [0.05, 0.1) is 22.6 Å². The van der Waals surface area contributed by atoms with Crippen LogP contribution in [0.15, 0.2) is 22.7 Å². The number of benzene rings is 1. The molecule has 0 spiro atoms. The smallest absolute Gasteiger partial charge is 0.229 e. The fourth-order valence-corrected chi connectivity index (χ4v) is 2.22. The maximum absolute atomic E-state index is 9.87. The maximum Gasteiger partial charge on any atom is 0.229 e. The summed E-state index contributed by atoms with van der Waals surface area (Å²) in [5.74, 6) is 1.27. The van der Waals surface area contributed by atoms with Gasteiger partial charge in [0, 0.05) is 5.56 Å². The number of aliphatic hydroxyl groups excluding tert-OH is 1. The number of rotatable bonds is 5. The molecule has 0 saturated carbocycles. The van der Waals surface area contributed by atoms with Crippen LogP contribution >= 0.6 is 23.2 Å². The first-order valence-corrected chi connectivity index (χ1v) is 7.17. The molecule has 1 aromatic heterocycles. The van der Waals surface area contributed by atoms with E-state index in [2.05, 4.69) is 24.0 Å². The molecule has 108 valence electrons. The molecule has 20 heavy (non-hydrogen) atoms. The molecule has 0 bridgehead atoms. The summed E-state index contributed by atoms with van der Waals surface area (Å²) in [6.45, 7) is 4.11. The number of nitrogens with zero attached hydrogens (tertiary/aromatic N) is 2. The van der Waals surface area contributed by atoms with E-state index < -0.39 is 6.10 Å². The number of hydrogen-bond acceptors (Lipinski definition) is 4. The lowest BCUT2D eigenvalue weighted by Crippen LogP contribution is -2.13. The molecule has 2 aromatic rings. The third kappa shape index (κ3) is 3.95. The zero-order valence-electron chi connectivity index (χ0n) is 11.3. The summed E-state index contributed by atoms with van der Waals surface area (Å²) in [7, 11) is 0. The number of hydrogen-bond donors (Lipinski definition) is 1. The van der Waals surface area contributed by atoms with Crippen LogP contribution in [0.1, 0.15) is 26.2 Å². The van der Waals surface area contributed by atoms with Crippen molar-refractivity contribution in [3.05, 3.63) is 34.1 Å². The van der Waals surface area contributed by atoms with E-state index in [1.54, 1.807) is 18.2 Å². The molecule has 0 saturated heterocycles. The standard InChI is InChI=1S/C14H16Cl2N2O2/c1-8(2)5-10(19)7-13-17-14(18-20-13)9-3-4-11(15)12(16)6-9/h3-4,6,8,10,19H,5,7H2,1-2H3. The van der Waals surface area contributed by atoms with Gasteiger partial charge >= 0.3 is 0 Å². The van der Waals surface area contributed by atoms with Gasteiger partial charge in [0.2, 0.25) is 11.7 Å². The Morgan fingerprint density at radius 3 is 2.65 bits per heavy atom. The molecule has 1 unspecified atom stereocenters. The van der Waals surface area contributed by atoms with Gasteiger partial charge in [-0.15, -0.1) is 0 Å². The molecule has 0 aliphatic rings. The van der Waals surface area contributed by atoms with Crippen LogP contribution in [-0.4, -0.2) is 21.4 Å². The molecule has 0 amide bonds. The minimum absolute atomic E-state index is 0.354. The Labute approximate surface area is 127 Å². The minimum atomic E-state index is -0.475. The van der Waals surface area contributed by atoms with Crippen molar-refractivity contribution >= 4 is 23.2 Å². The Morgan fingerprint density at radius 1 is 1.25 bits per heavy atom. The lowest BCUT2D eigenvalue weighted by atomic mass is 10.0. The van der Waals surface area contributed by atoms with E-state index in [0.717, 1.165) is 5.56 Å². The van der Waals surface area contributed by atoms with E-state index in [9.17, 15) is 5.11 Å². The van der Waals surface area contributed by atoms with Gasteiger partial charge in [-0.25, -0.2) is 0 Å². The molecule has 0 aliphatic heterocycles. The minimum Gasteiger partial charge on any atom is -0.393 e. The van der Waals surface area contributed by atoms with Crippen molar-refractivity contribution in [2.45, 2.75) is 32.8 Å². The average molecular weight is 315 g/mol. The monoisotopic (exact) mass is 314 g/mol. The highest BCUT2D eigenvalue weighted by Gasteiger charge is 2.15. The predicted octanol–water partition coefficient (Wildman–Crippen LogP) is 3.99. The summed E-state index contributed by atoms with van der Waals surface area (Å²) < 4.78 is 5.14. The van der Waals surface area contributed by atoms with Gasteiger partial charge in [-0.3, -0.25) is 0 Å². The van der Waals surface area contributed by atoms with Crippen LogP contribution in [0.2, 0.25) is 10.0 Å². The fraction of sp³-hybridized carbons (Fsp3) is 0.429. The highest BCUT2D eigenvalue weighted by atomic mass is 35.5. The fourth-order valence-electron chi connectivity index (χ4n) is 1.92. The van der Waals surface area contributed by atoms with E-state index in [0.29, 0.717) is 40.5 Å². The van der Waals surface area contributed by atoms with E-state index in [4.69, 9.17) is 27.7 Å². The van der Waals surface area contributed by atoms with Crippen molar-refractivity contribution < 1.29 is 9.63 Å². The summed E-state index contributed by atoms with van der Waals surface area (Å²) in [5, 5.41) is 14.7. The summed E-state index contributed by atoms with van der Waals surface area (Å²) in [4.78, 5) is 4.26. The second-order valence-corrected chi connectivity index (χ2v) is 5.94. The first-order chi connectivity index (χ1) is 9.45. The lowest BCUT2D eigenvalue weighted by Gasteiger charge is -2.09. The summed E-state index contributed by atoms with van der Waals surface area (Å²) >= 11 is 11.8. The average Bonchev–Trinajstić information content (AvgIpc) is 2.80. The largest absolute Gasteiger partial charge is 0.393 e. The first-order valence-electron chi connectivity index (χ1n) is 6.41. The van der Waals surface area contributed by atoms with Crippen molar-refractivity contribution in [1.29, 1.82) is 0 Å². The van der Waals surface area contributed by atoms with Crippen LogP contribution in [0, 0.1) is 5.92 Å². The topological polar surface area (TPSA) is 59.2 Å². The van der Waals surface area contributed by atoms with Crippen molar-refractivity contribution in [2.24, 2.45) is 5.92 Å². The molecule has 2 rings (SSSR count). The highest BCUT2D eigenvalue weighted by Crippen LogP contribution is 2.27. The molecule has 1 N–H and O–H groups in total. The summed E-state index contributed by atoms with van der Waals surface area (Å²) in [6, 6.07) is 5.14. The van der Waals surface area contributed by atoms with Crippen LogP contribution in [0.25, 0.3) is 11.4 Å². The van der Waals surface area contributed by atoms with Gasteiger partial charge < -0.3 is 9.63 Å². The van der Waals surface area contributed by atoms with Crippen LogP contribution < -0.4 is 0 Å². The van der Waals surface area contributed by atoms with Gasteiger partial charge in [-0.2, -0.15) is 4.98 Å². The second kappa shape index (κ2) is 6.57. The number of aliphatic hydroxyl groups is 1. The Hall–Kier alpha value is -1.10. The first kappa shape index (κ1) is 15.3. The quantitative estimate of drug-likeness (QED) is 0.906. The number of aromatic nitrogens is 2. The summed E-state index contributed by atoms with van der Waals surface area (Å²) in [6.07, 6.45) is 0.578. The second-order valence-electron chi connectivity index (χ2n) is 5.13. The Bertz CT molecular complexity index is 584. The van der Waals surface area contributed by atoms with E-state index in [-0.39, 0.29) is 0 Å². The van der Waals surface area contributed by atoms with Gasteiger partial charge in [-0.1, -0.05) is 42.2 Å². The molecule has 0 radical (unpaired) electrons. The zero-order chi connectivity index (χ0) is 14.7. The SMILES string of the molecule is CC(C)CC(O)Cc1nc(-c2ccc(Cl)c(Cl)c2)no1. The molecule has 4 nitrogen and oxygen atoms in total. The van der Waals surface area contributed by atoms with E-state index in [1.807, 2.05) is 0 Å². The molecule has 0 aliphatic carbocycles. The molecular weight excluding hydrogens is 299 g/mol. The van der Waals surface area contributed by atoms with Crippen LogP contribution in [0.5, 0.6) is 0 Å². The van der Waals surface area contributed by atoms with Gasteiger partial charge in [0.1, 0.15) is 0 Å². The van der Waals surface area contributed by atoms with Gasteiger partial charge in [-0.05, 0) is 30.5 Å². The maximum atomic E-state index is 9.87. The van der Waals surface area contributed by atoms with Crippen molar-refractivity contribution in [3.63, 3.8) is 0 Å². The lowest BCUT2D eigenvalue weighted by molar-refractivity contribution is 0.138. The van der Waals surface area contributed by atoms with Crippen molar-refractivity contribution in [1.82, 2.24) is 10.1 Å². The molecule has 1 heterocycles. The highest BCUT2D eigenvalue weighted by molar-refractivity contribution is 6.42. The Kier molecular flexibility index (Phi) is 5.02. The van der Waals surface area contributed by atoms with Crippen molar-refractivity contribution in [3.8, 4) is 11.4 Å². The number of halogens is 2. The zero-order valence-corrected chi connectivity index (χ0v) is 12.8. The van der Waals surface area contributed by atoms with Crippen LogP contribution in [0.3, 0.4) is 0 Å². The summed E-state index contributed by atoms with van der Waals surface area (Å²) in [5.41, 5.74) is 0.729. The molecule has 1 aromatic carbocycles. The molecule has 0 fully saturated rings. The third-order valence-electron chi connectivity index (χ3n) is 2.80. The van der Waals surface area contributed by atoms with E-state index in [1.165, 1.54) is 0 Å². The van der Waals surface area contributed by atoms with Gasteiger partial charge in [0.25, 0.3) is 0 Å². The van der Waals surface area contributed by atoms with E-state index >= 15 is 0 Å². The van der Waals surface area contributed by atoms with Crippen molar-refractivity contribution in [2.75, 3.05) is 0 Å². The van der Waals surface area contributed by atoms with Crippen LogP contribution in [-0.2, 0) is 6.42 Å². The normalized spacial score (nSPS) is 12.9. The van der Waals surface area contributed by atoms with Crippen LogP contribution in [0.4, 0.5) is 0 Å². The molecular formula is C14H16Cl2N2O2. The predicted molar refractivity (Wildman–Crippen MR) is 78.9 cm³/mol. The third-order valence-corrected chi connectivity index (χ3v) is 3.54. The molecule has 1 atom stereocenters.